The number of halogens is 3. The number of carbonyl (C=O) groups excluding carboxylic acids is 3. The number of hydrogen-bond acceptors (Lipinski definition) is 5. The lowest BCUT2D eigenvalue weighted by Crippen LogP contribution is -2.39. The van der Waals surface area contributed by atoms with Crippen molar-refractivity contribution in [2.24, 2.45) is 0 Å². The van der Waals surface area contributed by atoms with E-state index in [9.17, 15) is 18.8 Å². The Bertz CT molecular complexity index is 593. The molecule has 1 rings (SSSR count). The van der Waals surface area contributed by atoms with Crippen molar-refractivity contribution in [2.45, 2.75) is 13.0 Å². The Morgan fingerprint density at radius 1 is 1.24 bits per heavy atom. The highest BCUT2D eigenvalue weighted by Crippen LogP contribution is 2.25. The van der Waals surface area contributed by atoms with Gasteiger partial charge in [0.05, 0.1) is 22.7 Å². The third kappa shape index (κ3) is 4.57. The zero-order valence-corrected chi connectivity index (χ0v) is 12.4. The largest absolute Gasteiger partial charge is 0.453 e. The lowest BCUT2D eigenvalue weighted by molar-refractivity contribution is -0.128. The average molecular weight is 338 g/mol. The minimum absolute atomic E-state index is 0.132. The van der Waals surface area contributed by atoms with Crippen molar-refractivity contribution < 1.29 is 28.2 Å². The van der Waals surface area contributed by atoms with Crippen LogP contribution in [-0.4, -0.2) is 31.2 Å². The monoisotopic (exact) mass is 337 g/mol. The summed E-state index contributed by atoms with van der Waals surface area (Å²) in [6, 6.07) is 1.83. The molecular weight excluding hydrogens is 328 g/mol. The van der Waals surface area contributed by atoms with Crippen molar-refractivity contribution in [1.29, 1.82) is 0 Å². The first-order valence-corrected chi connectivity index (χ1v) is 6.26. The number of hydrogen-bond donors (Lipinski definition) is 1. The lowest BCUT2D eigenvalue weighted by atomic mass is 10.2. The van der Waals surface area contributed by atoms with Gasteiger partial charge in [-0.25, -0.2) is 14.0 Å². The van der Waals surface area contributed by atoms with E-state index >= 15 is 0 Å². The number of rotatable bonds is 3. The molecule has 21 heavy (non-hydrogen) atoms. The number of nitrogens with one attached hydrogen (secondary N) is 1. The molecule has 1 atom stereocenters. The number of methoxy groups -OCH3 is 1. The summed E-state index contributed by atoms with van der Waals surface area (Å²) >= 11 is 11.2. The molecule has 0 radical (unpaired) electrons. The third-order valence-electron chi connectivity index (χ3n) is 2.29. The maximum absolute atomic E-state index is 13.3. The van der Waals surface area contributed by atoms with Crippen molar-refractivity contribution in [3.8, 4) is 0 Å². The summed E-state index contributed by atoms with van der Waals surface area (Å²) in [5.41, 5.74) is -0.295. The van der Waals surface area contributed by atoms with E-state index in [2.05, 4.69) is 4.74 Å². The average Bonchev–Trinajstić information content (AvgIpc) is 2.42. The number of esters is 1. The highest BCUT2D eigenvalue weighted by Gasteiger charge is 2.23. The summed E-state index contributed by atoms with van der Waals surface area (Å²) in [5.74, 6) is -2.80. The van der Waals surface area contributed by atoms with Crippen molar-refractivity contribution in [1.82, 2.24) is 5.32 Å². The first-order valence-electron chi connectivity index (χ1n) is 5.50. The topological polar surface area (TPSA) is 81.7 Å². The molecule has 0 bridgehead atoms. The highest BCUT2D eigenvalue weighted by atomic mass is 35.5. The molecule has 0 heterocycles. The van der Waals surface area contributed by atoms with Gasteiger partial charge in [0, 0.05) is 0 Å². The summed E-state index contributed by atoms with van der Waals surface area (Å²) in [6.07, 6.45) is -2.31. The zero-order chi connectivity index (χ0) is 16.2. The molecule has 6 nitrogen and oxygen atoms in total. The second-order valence-corrected chi connectivity index (χ2v) is 4.59. The predicted molar refractivity (Wildman–Crippen MR) is 71.8 cm³/mol. The Labute approximate surface area is 129 Å². The summed E-state index contributed by atoms with van der Waals surface area (Å²) in [7, 11) is 1.07. The SMILES string of the molecule is COC(=O)NC(=O)[C@H](C)OC(=O)c1cc(F)c(Cl)cc1Cl. The molecule has 1 N–H and O–H groups in total. The van der Waals surface area contributed by atoms with Gasteiger partial charge in [-0.2, -0.15) is 0 Å². The number of amides is 2. The second kappa shape index (κ2) is 7.24. The van der Waals surface area contributed by atoms with Gasteiger partial charge in [-0.05, 0) is 19.1 Å². The van der Waals surface area contributed by atoms with Crippen molar-refractivity contribution >= 4 is 41.2 Å². The van der Waals surface area contributed by atoms with Crippen LogP contribution in [0.15, 0.2) is 12.1 Å². The van der Waals surface area contributed by atoms with E-state index in [1.165, 1.54) is 6.92 Å². The quantitative estimate of drug-likeness (QED) is 0.677. The summed E-state index contributed by atoms with van der Waals surface area (Å²) < 4.78 is 22.3. The Hall–Kier alpha value is -1.86. The number of benzene rings is 1. The Morgan fingerprint density at radius 2 is 1.86 bits per heavy atom. The van der Waals surface area contributed by atoms with Crippen LogP contribution in [0.2, 0.25) is 10.0 Å². The van der Waals surface area contributed by atoms with Crippen LogP contribution in [0.1, 0.15) is 17.3 Å². The molecule has 0 aliphatic carbocycles. The lowest BCUT2D eigenvalue weighted by Gasteiger charge is -2.13. The fourth-order valence-electron chi connectivity index (χ4n) is 1.21. The van der Waals surface area contributed by atoms with Gasteiger partial charge in [0.2, 0.25) is 0 Å². The minimum Gasteiger partial charge on any atom is -0.453 e. The molecule has 114 valence electrons. The first kappa shape index (κ1) is 17.2. The fourth-order valence-corrected chi connectivity index (χ4v) is 1.67. The van der Waals surface area contributed by atoms with Gasteiger partial charge >= 0.3 is 12.1 Å². The fraction of sp³-hybridized carbons (Fsp3) is 0.250. The molecule has 9 heteroatoms. The molecule has 1 aromatic carbocycles. The van der Waals surface area contributed by atoms with Gasteiger partial charge < -0.3 is 9.47 Å². The molecule has 1 aromatic rings. The van der Waals surface area contributed by atoms with E-state index in [0.717, 1.165) is 19.2 Å². The van der Waals surface area contributed by atoms with E-state index < -0.39 is 29.9 Å². The molecule has 0 spiro atoms. The molecule has 0 fully saturated rings. The molecule has 0 unspecified atom stereocenters. The normalized spacial score (nSPS) is 11.5. The molecule has 0 aliphatic heterocycles. The molecule has 0 saturated carbocycles. The Kier molecular flexibility index (Phi) is 5.92. The maximum Gasteiger partial charge on any atom is 0.413 e. The first-order chi connectivity index (χ1) is 9.76. The Balaban J connectivity index is 2.79. The number of carbonyl (C=O) groups is 3. The highest BCUT2D eigenvalue weighted by molar-refractivity contribution is 6.36. The van der Waals surface area contributed by atoms with E-state index in [1.54, 1.807) is 0 Å². The predicted octanol–water partition coefficient (Wildman–Crippen LogP) is 2.56. The van der Waals surface area contributed by atoms with Crippen LogP contribution in [0.4, 0.5) is 9.18 Å². The van der Waals surface area contributed by atoms with Crippen molar-refractivity contribution in [2.75, 3.05) is 7.11 Å². The Morgan fingerprint density at radius 3 is 2.43 bits per heavy atom. The molecule has 0 saturated heterocycles. The number of imide groups is 1. The summed E-state index contributed by atoms with van der Waals surface area (Å²) in [4.78, 5) is 34.1. The van der Waals surface area contributed by atoms with Crippen LogP contribution in [0.3, 0.4) is 0 Å². The van der Waals surface area contributed by atoms with Crippen LogP contribution < -0.4 is 5.32 Å². The number of ether oxygens (including phenoxy) is 2. The molecule has 2 amide bonds. The molecule has 0 aliphatic rings. The molecule has 0 aromatic heterocycles. The smallest absolute Gasteiger partial charge is 0.413 e. The van der Waals surface area contributed by atoms with Crippen LogP contribution >= 0.6 is 23.2 Å². The van der Waals surface area contributed by atoms with Gasteiger partial charge in [0.1, 0.15) is 5.82 Å². The van der Waals surface area contributed by atoms with Gasteiger partial charge in [0.15, 0.2) is 6.10 Å². The standard InChI is InChI=1S/C12H10Cl2FNO5/c1-5(10(17)16-12(19)20-2)21-11(18)6-3-9(15)8(14)4-7(6)13/h3-5H,1-2H3,(H,16,17,19)/t5-/m0/s1. The van der Waals surface area contributed by atoms with Gasteiger partial charge in [-0.3, -0.25) is 10.1 Å². The van der Waals surface area contributed by atoms with Crippen LogP contribution in [0, 0.1) is 5.82 Å². The van der Waals surface area contributed by atoms with Crippen LogP contribution in [-0.2, 0) is 14.3 Å². The van der Waals surface area contributed by atoms with Crippen molar-refractivity contribution in [3.63, 3.8) is 0 Å². The van der Waals surface area contributed by atoms with E-state index in [4.69, 9.17) is 27.9 Å². The molecular formula is C12H10Cl2FNO5. The second-order valence-electron chi connectivity index (χ2n) is 3.77. The van der Waals surface area contributed by atoms with E-state index in [-0.39, 0.29) is 15.6 Å². The maximum atomic E-state index is 13.3. The van der Waals surface area contributed by atoms with E-state index in [0.29, 0.717) is 0 Å². The van der Waals surface area contributed by atoms with Gasteiger partial charge in [-0.15, -0.1) is 0 Å². The van der Waals surface area contributed by atoms with Crippen molar-refractivity contribution in [3.05, 3.63) is 33.6 Å². The minimum atomic E-state index is -1.31. The zero-order valence-electron chi connectivity index (χ0n) is 10.9. The van der Waals surface area contributed by atoms with Crippen LogP contribution in [0.5, 0.6) is 0 Å². The van der Waals surface area contributed by atoms with Gasteiger partial charge in [-0.1, -0.05) is 23.2 Å². The summed E-state index contributed by atoms with van der Waals surface area (Å²) in [5, 5.41) is 1.43. The summed E-state index contributed by atoms with van der Waals surface area (Å²) in [6.45, 7) is 1.22. The van der Waals surface area contributed by atoms with E-state index in [1.807, 2.05) is 5.32 Å². The third-order valence-corrected chi connectivity index (χ3v) is 2.90. The van der Waals surface area contributed by atoms with Crippen LogP contribution in [0.25, 0.3) is 0 Å². The van der Waals surface area contributed by atoms with Gasteiger partial charge in [0.25, 0.3) is 5.91 Å². The number of alkyl carbamates (subject to hydrolysis) is 1.